The highest BCUT2D eigenvalue weighted by Gasteiger charge is 2.47. The van der Waals surface area contributed by atoms with Gasteiger partial charge in [-0.15, -0.1) is 0 Å². The predicted octanol–water partition coefficient (Wildman–Crippen LogP) is 5.65. The van der Waals surface area contributed by atoms with E-state index in [1.807, 2.05) is 0 Å². The molecule has 198 valence electrons. The van der Waals surface area contributed by atoms with Gasteiger partial charge in [-0.2, -0.15) is 31.9 Å². The molecule has 1 aliphatic heterocycles. The number of amides is 1. The van der Waals surface area contributed by atoms with Crippen LogP contribution in [0.1, 0.15) is 46.4 Å². The van der Waals surface area contributed by atoms with Gasteiger partial charge in [0, 0.05) is 42.6 Å². The summed E-state index contributed by atoms with van der Waals surface area (Å²) in [5.41, 5.74) is 0.880. The fourth-order valence-corrected chi connectivity index (χ4v) is 4.07. The Kier molecular flexibility index (Phi) is 8.51. The molecule has 0 aliphatic carbocycles. The predicted molar refractivity (Wildman–Crippen MR) is 135 cm³/mol. The first-order valence-corrected chi connectivity index (χ1v) is 11.2. The largest absolute Gasteiger partial charge is 0.433 e. The second-order valence-electron chi connectivity index (χ2n) is 8.59. The molecule has 0 bridgehead atoms. The van der Waals surface area contributed by atoms with Gasteiger partial charge in [0.05, 0.1) is 18.1 Å². The molecule has 0 saturated carbocycles. The number of nitriles is 1. The number of pyridine rings is 2. The number of likely N-dealkylation sites (tertiary alicyclic amines) is 1. The summed E-state index contributed by atoms with van der Waals surface area (Å²) in [6, 6.07) is 9.20. The number of aromatic nitrogens is 2. The number of ketones is 1. The Bertz CT molecular complexity index is 1420. The zero-order valence-electron chi connectivity index (χ0n) is 19.7. The summed E-state index contributed by atoms with van der Waals surface area (Å²) >= 11 is 0. The van der Waals surface area contributed by atoms with E-state index in [0.29, 0.717) is 22.0 Å². The molecule has 6 nitrogen and oxygen atoms in total. The zero-order valence-corrected chi connectivity index (χ0v) is 20.7. The van der Waals surface area contributed by atoms with Crippen molar-refractivity contribution in [1.82, 2.24) is 14.9 Å². The summed E-state index contributed by atoms with van der Waals surface area (Å²) in [7, 11) is 0. The first-order valence-electron chi connectivity index (χ1n) is 11.2. The van der Waals surface area contributed by atoms with E-state index < -0.39 is 48.5 Å². The molecule has 1 aliphatic rings. The monoisotopic (exact) mass is 548 g/mol. The van der Waals surface area contributed by atoms with Crippen molar-refractivity contribution in [2.75, 3.05) is 6.54 Å². The molecule has 12 heteroatoms. The van der Waals surface area contributed by atoms with E-state index in [1.165, 1.54) is 18.3 Å². The average molecular weight is 549 g/mol. The van der Waals surface area contributed by atoms with E-state index in [1.54, 1.807) is 36.4 Å². The summed E-state index contributed by atoms with van der Waals surface area (Å²) in [6.45, 7) is -0.847. The van der Waals surface area contributed by atoms with Gasteiger partial charge in [-0.3, -0.25) is 19.6 Å². The van der Waals surface area contributed by atoms with Crippen LogP contribution in [-0.4, -0.2) is 45.1 Å². The van der Waals surface area contributed by atoms with Gasteiger partial charge >= 0.3 is 6.18 Å². The van der Waals surface area contributed by atoms with Gasteiger partial charge in [0.15, 0.2) is 5.78 Å². The van der Waals surface area contributed by atoms with Gasteiger partial charge < -0.3 is 4.90 Å². The lowest BCUT2D eigenvalue weighted by atomic mass is 10.00. The topological polar surface area (TPSA) is 87.0 Å². The number of carbonyl (C=O) groups excluding carboxylic acids is 2. The minimum absolute atomic E-state index is 0. The van der Waals surface area contributed by atoms with Crippen LogP contribution in [0.25, 0.3) is 23.1 Å². The quantitative estimate of drug-likeness (QED) is 0.293. The summed E-state index contributed by atoms with van der Waals surface area (Å²) < 4.78 is 65.3. The number of nitrogens with zero attached hydrogens (tertiary/aromatic N) is 4. The van der Waals surface area contributed by atoms with Gasteiger partial charge in [-0.25, -0.2) is 8.78 Å². The maximum Gasteiger partial charge on any atom is 0.433 e. The molecule has 1 saturated heterocycles. The number of benzene rings is 1. The Morgan fingerprint density at radius 2 is 1.79 bits per heavy atom. The van der Waals surface area contributed by atoms with Crippen molar-refractivity contribution in [3.05, 3.63) is 71.2 Å². The highest BCUT2D eigenvalue weighted by molar-refractivity contribution is 7.59. The van der Waals surface area contributed by atoms with Crippen molar-refractivity contribution in [2.24, 2.45) is 0 Å². The molecule has 1 amide bonds. The first kappa shape index (κ1) is 28.7. The summed E-state index contributed by atoms with van der Waals surface area (Å²) in [5, 5.41) is 9.57. The van der Waals surface area contributed by atoms with Gasteiger partial charge in [-0.05, 0) is 35.4 Å². The minimum atomic E-state index is -4.53. The smallest absolute Gasteiger partial charge is 0.320 e. The van der Waals surface area contributed by atoms with Crippen molar-refractivity contribution in [2.45, 2.75) is 37.4 Å². The van der Waals surface area contributed by atoms with Gasteiger partial charge in [0.2, 0.25) is 5.91 Å². The van der Waals surface area contributed by atoms with Crippen molar-refractivity contribution in [1.29, 1.82) is 5.26 Å². The van der Waals surface area contributed by atoms with Gasteiger partial charge in [0.25, 0.3) is 5.92 Å². The Hall–Kier alpha value is -3.85. The standard InChI is InChI=1S/C26H19F5N4O2.H2S/c27-25(28)12-18(13-32)35(15-25)24(37)8-6-22(36)19-9-10-33-21-5-3-16(11-20(19)21)1-2-17-4-7-23(34-14-17)26(29,30)31;/h1-5,7,9-11,14,18H,6,8,12,15H2;1H2/b2-1+;/t18-;/m0./s1. The maximum absolute atomic E-state index is 13.6. The molecule has 0 unspecified atom stereocenters. The van der Waals surface area contributed by atoms with E-state index in [9.17, 15) is 31.5 Å². The lowest BCUT2D eigenvalue weighted by molar-refractivity contribution is -0.141. The van der Waals surface area contributed by atoms with E-state index >= 15 is 0 Å². The third-order valence-corrected chi connectivity index (χ3v) is 5.92. The molecule has 4 rings (SSSR count). The number of rotatable bonds is 6. The fourth-order valence-electron chi connectivity index (χ4n) is 4.07. The molecule has 3 heterocycles. The van der Waals surface area contributed by atoms with E-state index in [0.717, 1.165) is 17.2 Å². The van der Waals surface area contributed by atoms with Crippen molar-refractivity contribution < 1.29 is 31.5 Å². The maximum atomic E-state index is 13.6. The third-order valence-electron chi connectivity index (χ3n) is 5.92. The Morgan fingerprint density at radius 3 is 2.45 bits per heavy atom. The summed E-state index contributed by atoms with van der Waals surface area (Å²) in [4.78, 5) is 33.8. The lowest BCUT2D eigenvalue weighted by Gasteiger charge is -2.18. The molecule has 0 spiro atoms. The third kappa shape index (κ3) is 6.52. The normalized spacial score (nSPS) is 16.8. The number of alkyl halides is 5. The number of halogens is 5. The molecular formula is C26H21F5N4O2S. The Morgan fingerprint density at radius 1 is 1.08 bits per heavy atom. The first-order chi connectivity index (χ1) is 17.5. The van der Waals surface area contributed by atoms with Crippen LogP contribution in [0.5, 0.6) is 0 Å². The molecule has 0 radical (unpaired) electrons. The molecule has 1 aromatic carbocycles. The van der Waals surface area contributed by atoms with Crippen LogP contribution in [0, 0.1) is 11.3 Å². The van der Waals surface area contributed by atoms with Crippen LogP contribution in [0.15, 0.2) is 48.8 Å². The summed E-state index contributed by atoms with van der Waals surface area (Å²) in [6.07, 6.45) is -0.0666. The second-order valence-corrected chi connectivity index (χ2v) is 8.59. The number of hydrogen-bond donors (Lipinski definition) is 0. The van der Waals surface area contributed by atoms with Gasteiger partial charge in [0.1, 0.15) is 11.7 Å². The van der Waals surface area contributed by atoms with Crippen molar-refractivity contribution >= 4 is 48.2 Å². The molecule has 1 fully saturated rings. The molecule has 3 aromatic rings. The van der Waals surface area contributed by atoms with E-state index in [-0.39, 0.29) is 31.9 Å². The number of fused-ring (bicyclic) bond motifs is 1. The lowest BCUT2D eigenvalue weighted by Crippen LogP contribution is -2.36. The average Bonchev–Trinajstić information content (AvgIpc) is 3.19. The highest BCUT2D eigenvalue weighted by atomic mass is 32.1. The molecule has 38 heavy (non-hydrogen) atoms. The highest BCUT2D eigenvalue weighted by Crippen LogP contribution is 2.32. The molecular weight excluding hydrogens is 527 g/mol. The Balaban J connectivity index is 0.00000400. The second kappa shape index (κ2) is 11.3. The number of carbonyl (C=O) groups is 2. The Labute approximate surface area is 221 Å². The van der Waals surface area contributed by atoms with E-state index in [4.69, 9.17) is 5.26 Å². The van der Waals surface area contributed by atoms with Crippen LogP contribution >= 0.6 is 13.5 Å². The minimum Gasteiger partial charge on any atom is -0.320 e. The molecule has 2 aromatic heterocycles. The molecule has 0 N–H and O–H groups in total. The van der Waals surface area contributed by atoms with Crippen LogP contribution in [0.4, 0.5) is 22.0 Å². The number of hydrogen-bond acceptors (Lipinski definition) is 5. The fraction of sp³-hybridized carbons (Fsp3) is 0.269. The molecule has 1 atom stereocenters. The van der Waals surface area contributed by atoms with Crippen molar-refractivity contribution in [3.63, 3.8) is 0 Å². The van der Waals surface area contributed by atoms with Crippen molar-refractivity contribution in [3.8, 4) is 6.07 Å². The van der Waals surface area contributed by atoms with E-state index in [2.05, 4.69) is 9.97 Å². The van der Waals surface area contributed by atoms with Gasteiger partial charge in [-0.1, -0.05) is 24.3 Å². The van der Waals surface area contributed by atoms with Crippen LogP contribution in [0.3, 0.4) is 0 Å². The van der Waals surface area contributed by atoms with Crippen LogP contribution in [0.2, 0.25) is 0 Å². The number of Topliss-reactive ketones (excluding diaryl/α,β-unsaturated/α-hetero) is 1. The SMILES string of the molecule is N#C[C@@H]1CC(F)(F)CN1C(=O)CCC(=O)c1ccnc2ccc(/C=C/c3ccc(C(F)(F)F)nc3)cc12.S. The van der Waals surface area contributed by atoms with Crippen LogP contribution < -0.4 is 0 Å². The van der Waals surface area contributed by atoms with Crippen LogP contribution in [-0.2, 0) is 11.0 Å². The zero-order chi connectivity index (χ0) is 26.8. The summed E-state index contributed by atoms with van der Waals surface area (Å²) in [5.74, 6) is -4.22.